The summed E-state index contributed by atoms with van der Waals surface area (Å²) < 4.78 is 23.1. The topological polar surface area (TPSA) is 97.9 Å². The van der Waals surface area contributed by atoms with Gasteiger partial charge in [-0.2, -0.15) is 0 Å². The molecular formula is C28H29N3O5. The van der Waals surface area contributed by atoms with E-state index >= 15 is 0 Å². The number of aryl methyl sites for hydroxylation is 2. The van der Waals surface area contributed by atoms with E-state index in [0.29, 0.717) is 41.3 Å². The van der Waals surface area contributed by atoms with Crippen molar-refractivity contribution in [1.29, 1.82) is 0 Å². The summed E-state index contributed by atoms with van der Waals surface area (Å²) in [6.45, 7) is 6.39. The molecule has 4 heterocycles. The number of likely N-dealkylation sites (tertiary alicyclic amines) is 1. The number of fused-ring (bicyclic) bond motifs is 2. The van der Waals surface area contributed by atoms with Gasteiger partial charge in [0.1, 0.15) is 35.4 Å². The molecule has 0 aliphatic carbocycles. The van der Waals surface area contributed by atoms with E-state index in [1.165, 1.54) is 5.56 Å². The minimum absolute atomic E-state index is 0.202. The maximum absolute atomic E-state index is 10.7. The Kier molecular flexibility index (Phi) is 5.99. The smallest absolute Gasteiger partial charge is 0.283 e. The number of β-amino-alcohol motifs (C(OH)–C–C–N with tert-alkyl or cyclic N) is 1. The number of aliphatic hydroxyl groups is 1. The van der Waals surface area contributed by atoms with Crippen molar-refractivity contribution in [3.05, 3.63) is 65.7 Å². The van der Waals surface area contributed by atoms with E-state index in [-0.39, 0.29) is 6.61 Å². The molecule has 5 aromatic rings. The van der Waals surface area contributed by atoms with Gasteiger partial charge in [0.05, 0.1) is 5.39 Å². The second kappa shape index (κ2) is 9.44. The first-order chi connectivity index (χ1) is 17.5. The molecule has 0 bridgehead atoms. The number of piperidine rings is 1. The van der Waals surface area contributed by atoms with Crippen LogP contribution in [0.1, 0.15) is 36.0 Å². The van der Waals surface area contributed by atoms with Crippen LogP contribution >= 0.6 is 0 Å². The van der Waals surface area contributed by atoms with Crippen molar-refractivity contribution >= 4 is 21.9 Å². The molecule has 1 atom stereocenters. The van der Waals surface area contributed by atoms with Gasteiger partial charge in [-0.05, 0) is 68.6 Å². The predicted octanol–water partition coefficient (Wildman–Crippen LogP) is 5.47. The number of benzene rings is 2. The molecule has 36 heavy (non-hydrogen) atoms. The molecule has 1 saturated heterocycles. The first kappa shape index (κ1) is 22.8. The van der Waals surface area contributed by atoms with E-state index in [4.69, 9.17) is 18.0 Å². The van der Waals surface area contributed by atoms with Crippen LogP contribution in [0.2, 0.25) is 0 Å². The van der Waals surface area contributed by atoms with Gasteiger partial charge in [0, 0.05) is 24.9 Å². The van der Waals surface area contributed by atoms with Gasteiger partial charge in [-0.3, -0.25) is 0 Å². The Labute approximate surface area is 208 Å². The van der Waals surface area contributed by atoms with Crippen molar-refractivity contribution in [3.8, 4) is 17.4 Å². The summed E-state index contributed by atoms with van der Waals surface area (Å²) in [6.07, 6.45) is 1.53. The number of ether oxygens (including phenoxy) is 1. The molecule has 3 aromatic heterocycles. The molecule has 8 nitrogen and oxygen atoms in total. The number of rotatable bonds is 7. The van der Waals surface area contributed by atoms with Crippen LogP contribution in [-0.4, -0.2) is 52.5 Å². The summed E-state index contributed by atoms with van der Waals surface area (Å²) in [7, 11) is 0. The highest BCUT2D eigenvalue weighted by molar-refractivity contribution is 5.87. The molecule has 1 N–H and O–H groups in total. The largest absolute Gasteiger partial charge is 0.490 e. The third kappa shape index (κ3) is 4.62. The van der Waals surface area contributed by atoms with Crippen LogP contribution in [0.4, 0.5) is 0 Å². The van der Waals surface area contributed by atoms with Crippen LogP contribution in [0.5, 0.6) is 5.75 Å². The van der Waals surface area contributed by atoms with Crippen molar-refractivity contribution in [2.75, 3.05) is 26.2 Å². The van der Waals surface area contributed by atoms with E-state index in [1.54, 1.807) is 6.92 Å². The van der Waals surface area contributed by atoms with E-state index in [1.807, 2.05) is 31.2 Å². The lowest BCUT2D eigenvalue weighted by Gasteiger charge is -2.33. The highest BCUT2D eigenvalue weighted by Gasteiger charge is 2.23. The van der Waals surface area contributed by atoms with Gasteiger partial charge < -0.3 is 28.0 Å². The Bertz CT molecular complexity index is 1490. The predicted molar refractivity (Wildman–Crippen MR) is 135 cm³/mol. The summed E-state index contributed by atoms with van der Waals surface area (Å²) in [5.41, 5.74) is 2.97. The average Bonchev–Trinajstić information content (AvgIpc) is 3.59. The molecule has 1 aliphatic rings. The van der Waals surface area contributed by atoms with Gasteiger partial charge in [-0.1, -0.05) is 18.2 Å². The normalized spacial score (nSPS) is 16.2. The van der Waals surface area contributed by atoms with Crippen molar-refractivity contribution < 1.29 is 23.1 Å². The van der Waals surface area contributed by atoms with Crippen molar-refractivity contribution in [2.24, 2.45) is 0 Å². The van der Waals surface area contributed by atoms with Crippen molar-refractivity contribution in [3.63, 3.8) is 0 Å². The number of aliphatic hydroxyl groups excluding tert-OH is 1. The summed E-state index contributed by atoms with van der Waals surface area (Å²) >= 11 is 0. The maximum Gasteiger partial charge on any atom is 0.283 e. The minimum atomic E-state index is -0.593. The molecule has 0 spiro atoms. The Morgan fingerprint density at radius 1 is 1.00 bits per heavy atom. The van der Waals surface area contributed by atoms with E-state index in [2.05, 4.69) is 39.4 Å². The van der Waals surface area contributed by atoms with Crippen molar-refractivity contribution in [1.82, 2.24) is 15.1 Å². The zero-order chi connectivity index (χ0) is 24.6. The molecule has 1 aliphatic heterocycles. The van der Waals surface area contributed by atoms with Gasteiger partial charge >= 0.3 is 0 Å². The number of hydrogen-bond donors (Lipinski definition) is 1. The number of furan rings is 2. The molecular weight excluding hydrogens is 458 g/mol. The number of hydrogen-bond acceptors (Lipinski definition) is 8. The first-order valence-corrected chi connectivity index (χ1v) is 12.4. The van der Waals surface area contributed by atoms with Crippen molar-refractivity contribution in [2.45, 2.75) is 38.7 Å². The van der Waals surface area contributed by atoms with Crippen LogP contribution in [0.25, 0.3) is 33.6 Å². The summed E-state index contributed by atoms with van der Waals surface area (Å²) in [4.78, 5) is 2.31. The third-order valence-electron chi connectivity index (χ3n) is 6.88. The van der Waals surface area contributed by atoms with Crippen LogP contribution < -0.4 is 4.74 Å². The zero-order valence-corrected chi connectivity index (χ0v) is 20.4. The monoisotopic (exact) mass is 487 g/mol. The second-order valence-corrected chi connectivity index (χ2v) is 9.60. The maximum atomic E-state index is 10.7. The lowest BCUT2D eigenvalue weighted by molar-refractivity contribution is 0.0599. The Hall–Kier alpha value is -3.62. The van der Waals surface area contributed by atoms with E-state index in [0.717, 1.165) is 48.0 Å². The quantitative estimate of drug-likeness (QED) is 0.323. The Morgan fingerprint density at radius 2 is 1.86 bits per heavy atom. The van der Waals surface area contributed by atoms with Crippen LogP contribution in [0.15, 0.2) is 61.8 Å². The average molecular weight is 488 g/mol. The fraction of sp³-hybridized carbons (Fsp3) is 0.357. The Balaban J connectivity index is 1.04. The fourth-order valence-corrected chi connectivity index (χ4v) is 5.08. The summed E-state index contributed by atoms with van der Waals surface area (Å²) in [5, 5.41) is 20.5. The zero-order valence-electron chi connectivity index (χ0n) is 20.4. The standard InChI is InChI=1S/C28H29N3O5/c1-17-12-21-7-6-20(13-26(21)34-17)19-8-10-31(11-9-19)15-22(32)16-33-24-4-3-5-25-23(24)14-27(36-25)28-30-29-18(2)35-28/h3-7,12-14,19,22,32H,8-11,15-16H2,1-2H3/t22-/m0/s1. The highest BCUT2D eigenvalue weighted by atomic mass is 16.5. The summed E-state index contributed by atoms with van der Waals surface area (Å²) in [5.74, 6) is 3.41. The minimum Gasteiger partial charge on any atom is -0.490 e. The second-order valence-electron chi connectivity index (χ2n) is 9.60. The van der Waals surface area contributed by atoms with Gasteiger partial charge in [-0.25, -0.2) is 0 Å². The lowest BCUT2D eigenvalue weighted by Crippen LogP contribution is -2.40. The third-order valence-corrected chi connectivity index (χ3v) is 6.88. The number of nitrogens with zero attached hydrogens (tertiary/aromatic N) is 3. The van der Waals surface area contributed by atoms with Gasteiger partial charge in [0.15, 0.2) is 5.76 Å². The highest BCUT2D eigenvalue weighted by Crippen LogP contribution is 2.34. The summed E-state index contributed by atoms with van der Waals surface area (Å²) in [6, 6.07) is 16.1. The van der Waals surface area contributed by atoms with E-state index < -0.39 is 6.10 Å². The molecule has 0 saturated carbocycles. The lowest BCUT2D eigenvalue weighted by atomic mass is 9.89. The molecule has 6 rings (SSSR count). The SMILES string of the molecule is Cc1cc2ccc(C3CCN(C[C@H](O)COc4cccc5oc(-c6nnc(C)o6)cc45)CC3)cc2o1. The molecule has 2 aromatic carbocycles. The van der Waals surface area contributed by atoms with Crippen LogP contribution in [0, 0.1) is 13.8 Å². The molecule has 0 unspecified atom stereocenters. The molecule has 0 radical (unpaired) electrons. The molecule has 186 valence electrons. The molecule has 1 fully saturated rings. The molecule has 0 amide bonds. The van der Waals surface area contributed by atoms with Gasteiger partial charge in [-0.15, -0.1) is 10.2 Å². The molecule has 8 heteroatoms. The number of aromatic nitrogens is 2. The van der Waals surface area contributed by atoms with Gasteiger partial charge in [0.2, 0.25) is 5.89 Å². The fourth-order valence-electron chi connectivity index (χ4n) is 5.08. The Morgan fingerprint density at radius 3 is 2.67 bits per heavy atom. The van der Waals surface area contributed by atoms with Crippen LogP contribution in [0.3, 0.4) is 0 Å². The first-order valence-electron chi connectivity index (χ1n) is 12.4. The van der Waals surface area contributed by atoms with Crippen LogP contribution in [-0.2, 0) is 0 Å². The van der Waals surface area contributed by atoms with E-state index in [9.17, 15) is 5.11 Å². The van der Waals surface area contributed by atoms with Gasteiger partial charge in [0.25, 0.3) is 5.89 Å².